The van der Waals surface area contributed by atoms with Crippen LogP contribution in [0.4, 0.5) is 5.82 Å². The summed E-state index contributed by atoms with van der Waals surface area (Å²) < 4.78 is 8.42. The fraction of sp³-hybridized carbons (Fsp3) is 0.154. The Kier molecular flexibility index (Phi) is 7.16. The van der Waals surface area contributed by atoms with Crippen molar-refractivity contribution in [3.8, 4) is 5.75 Å². The van der Waals surface area contributed by atoms with Gasteiger partial charge in [0.2, 0.25) is 0 Å². The molecule has 0 spiro atoms. The maximum atomic E-state index is 12.7. The van der Waals surface area contributed by atoms with E-state index in [1.807, 2.05) is 74.6 Å². The van der Waals surface area contributed by atoms with Crippen molar-refractivity contribution in [2.75, 3.05) is 5.32 Å². The number of benzene rings is 3. The molecule has 4 aromatic rings. The minimum absolute atomic E-state index is 0.235. The molecule has 1 aromatic heterocycles. The Morgan fingerprint density at radius 2 is 1.73 bits per heavy atom. The second-order valence-corrected chi connectivity index (χ2v) is 9.04. The third kappa shape index (κ3) is 5.64. The zero-order valence-corrected chi connectivity index (χ0v) is 20.7. The second kappa shape index (κ2) is 10.2. The lowest BCUT2D eigenvalue weighted by Crippen LogP contribution is -2.13. The Hall–Kier alpha value is -3.09. The van der Waals surface area contributed by atoms with Gasteiger partial charge in [-0.15, -0.1) is 0 Å². The summed E-state index contributed by atoms with van der Waals surface area (Å²) in [6, 6.07) is 21.0. The zero-order chi connectivity index (χ0) is 23.4. The molecule has 3 aromatic carbocycles. The van der Waals surface area contributed by atoms with Crippen molar-refractivity contribution >= 4 is 39.3 Å². The van der Waals surface area contributed by atoms with Crippen molar-refractivity contribution in [1.82, 2.24) is 9.78 Å². The monoisotopic (exact) mass is 523 g/mol. The highest BCUT2D eigenvalue weighted by Gasteiger charge is 2.13. The number of hydrogen-bond acceptors (Lipinski definition) is 3. The third-order valence-corrected chi connectivity index (χ3v) is 6.20. The smallest absolute Gasteiger partial charge is 0.256 e. The number of aryl methyl sites for hydroxylation is 2. The van der Waals surface area contributed by atoms with E-state index in [2.05, 4.69) is 26.3 Å². The maximum absolute atomic E-state index is 12.7. The van der Waals surface area contributed by atoms with Gasteiger partial charge in [-0.1, -0.05) is 60.1 Å². The molecule has 0 saturated heterocycles. The van der Waals surface area contributed by atoms with Crippen LogP contribution in [-0.2, 0) is 13.2 Å². The van der Waals surface area contributed by atoms with Crippen molar-refractivity contribution in [3.63, 3.8) is 0 Å². The number of ether oxygens (including phenoxy) is 1. The summed E-state index contributed by atoms with van der Waals surface area (Å²) in [7, 11) is 0. The van der Waals surface area contributed by atoms with Crippen LogP contribution in [0.2, 0.25) is 5.02 Å². The van der Waals surface area contributed by atoms with Gasteiger partial charge in [0.25, 0.3) is 5.91 Å². The summed E-state index contributed by atoms with van der Waals surface area (Å²) in [4.78, 5) is 12.7. The van der Waals surface area contributed by atoms with Crippen LogP contribution in [0.1, 0.15) is 32.6 Å². The molecule has 0 saturated carbocycles. The summed E-state index contributed by atoms with van der Waals surface area (Å²) in [6.07, 6.45) is 1.81. The highest BCUT2D eigenvalue weighted by molar-refractivity contribution is 9.10. The summed E-state index contributed by atoms with van der Waals surface area (Å²) in [5.41, 5.74) is 4.68. The number of amides is 1. The number of hydrogen-bond donors (Lipinski definition) is 1. The van der Waals surface area contributed by atoms with Crippen LogP contribution in [-0.4, -0.2) is 15.7 Å². The number of aromatic nitrogens is 2. The van der Waals surface area contributed by atoms with E-state index in [9.17, 15) is 4.79 Å². The van der Waals surface area contributed by atoms with E-state index >= 15 is 0 Å². The Balaban J connectivity index is 1.39. The average molecular weight is 525 g/mol. The highest BCUT2D eigenvalue weighted by Crippen LogP contribution is 2.25. The Bertz CT molecular complexity index is 1260. The quantitative estimate of drug-likeness (QED) is 0.289. The number of nitrogens with one attached hydrogen (secondary N) is 1. The first-order valence-electron chi connectivity index (χ1n) is 10.5. The number of halogens is 2. The number of para-hydroxylation sites is 1. The number of anilines is 1. The molecule has 33 heavy (non-hydrogen) atoms. The van der Waals surface area contributed by atoms with Gasteiger partial charge >= 0.3 is 0 Å². The molecule has 5 nitrogen and oxygen atoms in total. The van der Waals surface area contributed by atoms with Gasteiger partial charge in [0.1, 0.15) is 12.4 Å². The van der Waals surface area contributed by atoms with E-state index < -0.39 is 0 Å². The lowest BCUT2D eigenvalue weighted by Gasteiger charge is -2.12. The SMILES string of the molecule is Cc1cccc(C)c1OCc1ccc(C(=O)Nc2nn(Cc3ccccc3Cl)cc2Br)cc1. The predicted octanol–water partition coefficient (Wildman–Crippen LogP) is 6.80. The molecule has 0 aliphatic carbocycles. The highest BCUT2D eigenvalue weighted by atomic mass is 79.9. The largest absolute Gasteiger partial charge is 0.488 e. The lowest BCUT2D eigenvalue weighted by atomic mass is 10.1. The fourth-order valence-corrected chi connectivity index (χ4v) is 4.09. The summed E-state index contributed by atoms with van der Waals surface area (Å²) >= 11 is 9.71. The minimum Gasteiger partial charge on any atom is -0.488 e. The van der Waals surface area contributed by atoms with Crippen molar-refractivity contribution in [2.45, 2.75) is 27.0 Å². The van der Waals surface area contributed by atoms with E-state index in [1.54, 1.807) is 16.8 Å². The topological polar surface area (TPSA) is 56.1 Å². The van der Waals surface area contributed by atoms with Gasteiger partial charge in [-0.2, -0.15) is 5.10 Å². The van der Waals surface area contributed by atoms with Gasteiger partial charge < -0.3 is 10.1 Å². The molecule has 0 unspecified atom stereocenters. The van der Waals surface area contributed by atoms with Crippen molar-refractivity contribution in [2.24, 2.45) is 0 Å². The van der Waals surface area contributed by atoms with Gasteiger partial charge in [0, 0.05) is 16.8 Å². The molecular formula is C26H23BrClN3O2. The van der Waals surface area contributed by atoms with Crippen LogP contribution in [0.5, 0.6) is 5.75 Å². The minimum atomic E-state index is -0.235. The molecule has 0 aliphatic rings. The molecule has 4 rings (SSSR count). The normalized spacial score (nSPS) is 10.8. The van der Waals surface area contributed by atoms with Crippen molar-refractivity contribution in [1.29, 1.82) is 0 Å². The van der Waals surface area contributed by atoms with E-state index in [-0.39, 0.29) is 5.91 Å². The van der Waals surface area contributed by atoms with Crippen LogP contribution >= 0.6 is 27.5 Å². The van der Waals surface area contributed by atoms with Gasteiger partial charge in [-0.3, -0.25) is 9.48 Å². The molecule has 1 N–H and O–H groups in total. The second-order valence-electron chi connectivity index (χ2n) is 7.78. The van der Waals surface area contributed by atoms with E-state index in [1.165, 1.54) is 0 Å². The lowest BCUT2D eigenvalue weighted by molar-refractivity contribution is 0.102. The van der Waals surface area contributed by atoms with Gasteiger partial charge in [0.15, 0.2) is 5.82 Å². The number of carbonyl (C=O) groups is 1. The Labute approximate surface area is 206 Å². The molecule has 7 heteroatoms. The number of nitrogens with zero attached hydrogens (tertiary/aromatic N) is 2. The molecule has 1 amide bonds. The van der Waals surface area contributed by atoms with Gasteiger partial charge in [-0.25, -0.2) is 0 Å². The van der Waals surface area contributed by atoms with E-state index in [4.69, 9.17) is 16.3 Å². The summed E-state index contributed by atoms with van der Waals surface area (Å²) in [5.74, 6) is 1.12. The molecule has 0 radical (unpaired) electrons. The summed E-state index contributed by atoms with van der Waals surface area (Å²) in [5, 5.41) is 8.00. The molecule has 0 aliphatic heterocycles. The van der Waals surface area contributed by atoms with Crippen LogP contribution in [0.15, 0.2) is 77.4 Å². The first-order chi connectivity index (χ1) is 15.9. The molecule has 0 fully saturated rings. The van der Waals surface area contributed by atoms with Crippen molar-refractivity contribution < 1.29 is 9.53 Å². The Morgan fingerprint density at radius 3 is 2.42 bits per heavy atom. The van der Waals surface area contributed by atoms with Crippen LogP contribution in [0.25, 0.3) is 0 Å². The first kappa shape index (κ1) is 23.1. The predicted molar refractivity (Wildman–Crippen MR) is 135 cm³/mol. The molecule has 1 heterocycles. The van der Waals surface area contributed by atoms with Crippen LogP contribution < -0.4 is 10.1 Å². The summed E-state index contributed by atoms with van der Waals surface area (Å²) in [6.45, 7) is 5.00. The fourth-order valence-electron chi connectivity index (χ4n) is 3.48. The molecule has 168 valence electrons. The molecule has 0 atom stereocenters. The van der Waals surface area contributed by atoms with Gasteiger partial charge in [-0.05, 0) is 70.2 Å². The van der Waals surface area contributed by atoms with Crippen LogP contribution in [0, 0.1) is 13.8 Å². The van der Waals surface area contributed by atoms with Gasteiger partial charge in [0.05, 0.1) is 11.0 Å². The Morgan fingerprint density at radius 1 is 1.03 bits per heavy atom. The number of rotatable bonds is 7. The van der Waals surface area contributed by atoms with Crippen LogP contribution in [0.3, 0.4) is 0 Å². The third-order valence-electron chi connectivity index (χ3n) is 5.25. The van der Waals surface area contributed by atoms with Crippen molar-refractivity contribution in [3.05, 3.63) is 110 Å². The maximum Gasteiger partial charge on any atom is 0.256 e. The molecular weight excluding hydrogens is 502 g/mol. The van der Waals surface area contributed by atoms with E-state index in [0.29, 0.717) is 34.0 Å². The average Bonchev–Trinajstić information content (AvgIpc) is 3.14. The molecule has 0 bridgehead atoms. The zero-order valence-electron chi connectivity index (χ0n) is 18.3. The van der Waals surface area contributed by atoms with E-state index in [0.717, 1.165) is 28.0 Å². The standard InChI is InChI=1S/C26H23BrClN3O2/c1-17-6-5-7-18(2)24(17)33-16-19-10-12-20(13-11-19)26(32)29-25-22(27)15-31(30-25)14-21-8-3-4-9-23(21)28/h3-13,15H,14,16H2,1-2H3,(H,29,30,32). The number of carbonyl (C=O) groups excluding carboxylic acids is 1. The first-order valence-corrected chi connectivity index (χ1v) is 11.6.